The largest absolute Gasteiger partial charge is 0.497 e. The van der Waals surface area contributed by atoms with E-state index in [2.05, 4.69) is 17.0 Å². The molecule has 1 heterocycles. The summed E-state index contributed by atoms with van der Waals surface area (Å²) in [5.41, 5.74) is 1.16. The lowest BCUT2D eigenvalue weighted by atomic mass is 10.2. The Morgan fingerprint density at radius 2 is 1.62 bits per heavy atom. The van der Waals surface area contributed by atoms with Gasteiger partial charge in [-0.2, -0.15) is 0 Å². The Balaban J connectivity index is 1.56. The van der Waals surface area contributed by atoms with E-state index >= 15 is 0 Å². The first-order chi connectivity index (χ1) is 12.7. The van der Waals surface area contributed by atoms with Gasteiger partial charge in [-0.25, -0.2) is 0 Å². The lowest BCUT2D eigenvalue weighted by molar-refractivity contribution is -0.139. The summed E-state index contributed by atoms with van der Waals surface area (Å²) in [6.07, 6.45) is 0.233. The summed E-state index contributed by atoms with van der Waals surface area (Å²) in [6.45, 7) is 5.04. The molecule has 0 radical (unpaired) electrons. The van der Waals surface area contributed by atoms with Gasteiger partial charge in [-0.05, 0) is 42.8 Å². The molecule has 1 unspecified atom stereocenters. The van der Waals surface area contributed by atoms with Crippen molar-refractivity contribution in [3.63, 3.8) is 0 Å². The molecule has 0 aliphatic carbocycles. The molecule has 1 atom stereocenters. The van der Waals surface area contributed by atoms with E-state index in [1.54, 1.807) is 7.11 Å². The van der Waals surface area contributed by atoms with Gasteiger partial charge in [0.15, 0.2) is 6.10 Å². The molecular formula is C21H26N2O3. The number of nitrogens with zero attached hydrogens (tertiary/aromatic N) is 2. The number of methoxy groups -OCH3 is 1. The van der Waals surface area contributed by atoms with Crippen molar-refractivity contribution in [3.05, 3.63) is 54.6 Å². The van der Waals surface area contributed by atoms with Crippen molar-refractivity contribution >= 4 is 11.6 Å². The van der Waals surface area contributed by atoms with Gasteiger partial charge in [0.1, 0.15) is 11.5 Å². The average molecular weight is 354 g/mol. The Kier molecular flexibility index (Phi) is 6.00. The predicted octanol–water partition coefficient (Wildman–Crippen LogP) is 3.20. The second-order valence-electron chi connectivity index (χ2n) is 6.34. The van der Waals surface area contributed by atoms with Crippen LogP contribution in [-0.4, -0.2) is 50.2 Å². The van der Waals surface area contributed by atoms with Crippen LogP contribution in [0.3, 0.4) is 0 Å². The SMILES string of the molecule is CCC(Oc1ccccc1)C(=O)N1CCN(c2ccc(OC)cc2)CC1. The van der Waals surface area contributed by atoms with Crippen molar-refractivity contribution in [1.29, 1.82) is 0 Å². The Hall–Kier alpha value is -2.69. The smallest absolute Gasteiger partial charge is 0.263 e. The fourth-order valence-corrected chi connectivity index (χ4v) is 3.15. The van der Waals surface area contributed by atoms with Crippen LogP contribution in [0.1, 0.15) is 13.3 Å². The molecule has 2 aromatic rings. The maximum absolute atomic E-state index is 12.8. The Bertz CT molecular complexity index is 695. The van der Waals surface area contributed by atoms with Crippen LogP contribution in [0.15, 0.2) is 54.6 Å². The number of benzene rings is 2. The van der Waals surface area contributed by atoms with Crippen molar-refractivity contribution in [3.8, 4) is 11.5 Å². The first-order valence-corrected chi connectivity index (χ1v) is 9.10. The van der Waals surface area contributed by atoms with Crippen LogP contribution in [0.4, 0.5) is 5.69 Å². The molecule has 26 heavy (non-hydrogen) atoms. The molecule has 0 aromatic heterocycles. The average Bonchev–Trinajstić information content (AvgIpc) is 2.72. The Morgan fingerprint density at radius 1 is 0.962 bits per heavy atom. The summed E-state index contributed by atoms with van der Waals surface area (Å²) in [6, 6.07) is 17.6. The van der Waals surface area contributed by atoms with E-state index in [9.17, 15) is 4.79 Å². The van der Waals surface area contributed by atoms with E-state index < -0.39 is 6.10 Å². The summed E-state index contributed by atoms with van der Waals surface area (Å²) in [5, 5.41) is 0. The number of amides is 1. The van der Waals surface area contributed by atoms with Crippen LogP contribution in [0.5, 0.6) is 11.5 Å². The van der Waals surface area contributed by atoms with Crippen molar-refractivity contribution in [2.75, 3.05) is 38.2 Å². The molecule has 1 fully saturated rings. The molecule has 5 heteroatoms. The molecular weight excluding hydrogens is 328 g/mol. The normalized spacial score (nSPS) is 15.5. The maximum atomic E-state index is 12.8. The molecule has 1 saturated heterocycles. The van der Waals surface area contributed by atoms with Crippen molar-refractivity contribution in [1.82, 2.24) is 4.90 Å². The van der Waals surface area contributed by atoms with Gasteiger partial charge < -0.3 is 19.3 Å². The van der Waals surface area contributed by atoms with Gasteiger partial charge in [0.2, 0.25) is 0 Å². The zero-order valence-electron chi connectivity index (χ0n) is 15.4. The number of carbonyl (C=O) groups is 1. The highest BCUT2D eigenvalue weighted by Gasteiger charge is 2.27. The van der Waals surface area contributed by atoms with E-state index in [-0.39, 0.29) is 5.91 Å². The van der Waals surface area contributed by atoms with Crippen molar-refractivity contribution < 1.29 is 14.3 Å². The van der Waals surface area contributed by atoms with E-state index in [4.69, 9.17) is 9.47 Å². The van der Waals surface area contributed by atoms with E-state index in [0.29, 0.717) is 19.5 Å². The minimum absolute atomic E-state index is 0.0748. The molecule has 0 N–H and O–H groups in total. The van der Waals surface area contributed by atoms with Gasteiger partial charge in [-0.3, -0.25) is 4.79 Å². The molecule has 138 valence electrons. The second-order valence-corrected chi connectivity index (χ2v) is 6.34. The zero-order valence-corrected chi connectivity index (χ0v) is 15.4. The quantitative estimate of drug-likeness (QED) is 0.799. The van der Waals surface area contributed by atoms with Gasteiger partial charge in [-0.15, -0.1) is 0 Å². The first-order valence-electron chi connectivity index (χ1n) is 9.10. The number of rotatable bonds is 6. The van der Waals surface area contributed by atoms with Crippen LogP contribution in [0.25, 0.3) is 0 Å². The summed E-state index contributed by atoms with van der Waals surface area (Å²) < 4.78 is 11.1. The monoisotopic (exact) mass is 354 g/mol. The third-order valence-electron chi connectivity index (χ3n) is 4.70. The standard InChI is InChI=1S/C21H26N2O3/c1-3-20(26-19-7-5-4-6-8-19)21(24)23-15-13-22(14-16-23)17-9-11-18(25-2)12-10-17/h4-12,20H,3,13-16H2,1-2H3. The fraction of sp³-hybridized carbons (Fsp3) is 0.381. The zero-order chi connectivity index (χ0) is 18.4. The number of hydrogen-bond acceptors (Lipinski definition) is 4. The van der Waals surface area contributed by atoms with Gasteiger partial charge in [0.25, 0.3) is 5.91 Å². The molecule has 5 nitrogen and oxygen atoms in total. The fourth-order valence-electron chi connectivity index (χ4n) is 3.15. The maximum Gasteiger partial charge on any atom is 0.263 e. The highest BCUT2D eigenvalue weighted by atomic mass is 16.5. The van der Waals surface area contributed by atoms with Crippen LogP contribution in [0, 0.1) is 0 Å². The lowest BCUT2D eigenvalue weighted by Crippen LogP contribution is -2.52. The third kappa shape index (κ3) is 4.28. The Morgan fingerprint density at radius 3 is 2.19 bits per heavy atom. The molecule has 3 rings (SSSR count). The number of para-hydroxylation sites is 1. The number of hydrogen-bond donors (Lipinski definition) is 0. The van der Waals surface area contributed by atoms with Gasteiger partial charge >= 0.3 is 0 Å². The lowest BCUT2D eigenvalue weighted by Gasteiger charge is -2.37. The number of anilines is 1. The minimum atomic E-state index is -0.426. The van der Waals surface area contributed by atoms with Gasteiger partial charge in [0.05, 0.1) is 7.11 Å². The summed E-state index contributed by atoms with van der Waals surface area (Å²) in [5.74, 6) is 1.67. The van der Waals surface area contributed by atoms with Crippen molar-refractivity contribution in [2.45, 2.75) is 19.4 Å². The molecule has 0 saturated carbocycles. The molecule has 1 aliphatic rings. The topological polar surface area (TPSA) is 42.0 Å². The minimum Gasteiger partial charge on any atom is -0.497 e. The molecule has 2 aromatic carbocycles. The Labute approximate surface area is 155 Å². The van der Waals surface area contributed by atoms with E-state index in [1.807, 2.05) is 54.3 Å². The predicted molar refractivity (Wildman–Crippen MR) is 103 cm³/mol. The molecule has 1 amide bonds. The van der Waals surface area contributed by atoms with E-state index in [1.165, 1.54) is 0 Å². The summed E-state index contributed by atoms with van der Waals surface area (Å²) >= 11 is 0. The second kappa shape index (κ2) is 8.61. The highest BCUT2D eigenvalue weighted by molar-refractivity contribution is 5.81. The summed E-state index contributed by atoms with van der Waals surface area (Å²) in [4.78, 5) is 17.0. The van der Waals surface area contributed by atoms with Gasteiger partial charge in [-0.1, -0.05) is 25.1 Å². The molecule has 0 spiro atoms. The number of piperazine rings is 1. The van der Waals surface area contributed by atoms with Crippen molar-refractivity contribution in [2.24, 2.45) is 0 Å². The van der Waals surface area contributed by atoms with Crippen LogP contribution >= 0.6 is 0 Å². The highest BCUT2D eigenvalue weighted by Crippen LogP contribution is 2.21. The molecule has 0 bridgehead atoms. The molecule has 1 aliphatic heterocycles. The van der Waals surface area contributed by atoms with Gasteiger partial charge in [0, 0.05) is 31.9 Å². The van der Waals surface area contributed by atoms with Crippen LogP contribution < -0.4 is 14.4 Å². The summed E-state index contributed by atoms with van der Waals surface area (Å²) in [7, 11) is 1.67. The first kappa shape index (κ1) is 18.1. The third-order valence-corrected chi connectivity index (χ3v) is 4.70. The number of ether oxygens (including phenoxy) is 2. The van der Waals surface area contributed by atoms with Crippen LogP contribution in [-0.2, 0) is 4.79 Å². The van der Waals surface area contributed by atoms with Crippen LogP contribution in [0.2, 0.25) is 0 Å². The van der Waals surface area contributed by atoms with E-state index in [0.717, 1.165) is 30.3 Å². The number of carbonyl (C=O) groups excluding carboxylic acids is 1.